The monoisotopic (exact) mass is 276 g/mol. The number of aliphatic hydroxyl groups excluding tert-OH is 1. The summed E-state index contributed by atoms with van der Waals surface area (Å²) in [6.45, 7) is 5.38. The minimum Gasteiger partial charge on any atom is -0.481 e. The molecule has 1 aromatic carbocycles. The second-order valence-corrected chi connectivity index (χ2v) is 4.85. The van der Waals surface area contributed by atoms with E-state index in [0.717, 1.165) is 0 Å². The molecule has 0 heterocycles. The summed E-state index contributed by atoms with van der Waals surface area (Å²) < 4.78 is 5.51. The number of ether oxygens (including phenoxy) is 1. The first-order chi connectivity index (χ1) is 9.47. The molecule has 3 unspecified atom stereocenters. The molecule has 0 spiro atoms. The molecule has 0 aromatic heterocycles. The quantitative estimate of drug-likeness (QED) is 0.824. The fourth-order valence-corrected chi connectivity index (χ4v) is 1.51. The number of carbonyl (C=O) groups is 1. The molecule has 0 radical (unpaired) electrons. The Morgan fingerprint density at radius 3 is 2.45 bits per heavy atom. The molecule has 1 amide bonds. The van der Waals surface area contributed by atoms with Crippen molar-refractivity contribution in [1.29, 1.82) is 5.26 Å². The van der Waals surface area contributed by atoms with Crippen molar-refractivity contribution in [3.63, 3.8) is 0 Å². The third-order valence-electron chi connectivity index (χ3n) is 3.18. The van der Waals surface area contributed by atoms with Gasteiger partial charge in [-0.15, -0.1) is 0 Å². The molecule has 5 nitrogen and oxygen atoms in total. The first-order valence-electron chi connectivity index (χ1n) is 6.56. The molecule has 20 heavy (non-hydrogen) atoms. The highest BCUT2D eigenvalue weighted by molar-refractivity contribution is 5.81. The summed E-state index contributed by atoms with van der Waals surface area (Å²) in [6.07, 6.45) is -0.642. The smallest absolute Gasteiger partial charge is 0.260 e. The highest BCUT2D eigenvalue weighted by atomic mass is 16.5. The average molecular weight is 276 g/mol. The van der Waals surface area contributed by atoms with E-state index < -0.39 is 6.10 Å². The highest BCUT2D eigenvalue weighted by Gasteiger charge is 2.19. The van der Waals surface area contributed by atoms with Gasteiger partial charge in [0.25, 0.3) is 5.91 Å². The number of nitriles is 1. The SMILES string of the molecule is CC(Oc1ccc(C#N)cc1)C(=O)NC(C)C(C)CO. The van der Waals surface area contributed by atoms with E-state index in [1.54, 1.807) is 31.2 Å². The van der Waals surface area contributed by atoms with Crippen LogP contribution in [-0.4, -0.2) is 29.8 Å². The van der Waals surface area contributed by atoms with E-state index in [2.05, 4.69) is 5.32 Å². The van der Waals surface area contributed by atoms with Gasteiger partial charge >= 0.3 is 0 Å². The van der Waals surface area contributed by atoms with Gasteiger partial charge < -0.3 is 15.2 Å². The fraction of sp³-hybridized carbons (Fsp3) is 0.467. The summed E-state index contributed by atoms with van der Waals surface area (Å²) in [7, 11) is 0. The maximum Gasteiger partial charge on any atom is 0.260 e. The number of nitrogens with zero attached hydrogens (tertiary/aromatic N) is 1. The largest absolute Gasteiger partial charge is 0.481 e. The maximum atomic E-state index is 11.9. The van der Waals surface area contributed by atoms with Crippen LogP contribution in [0.2, 0.25) is 0 Å². The first-order valence-corrected chi connectivity index (χ1v) is 6.56. The molecule has 2 N–H and O–H groups in total. The van der Waals surface area contributed by atoms with Crippen LogP contribution in [-0.2, 0) is 4.79 Å². The minimum atomic E-state index is -0.642. The Hall–Kier alpha value is -2.06. The number of aliphatic hydroxyl groups is 1. The molecule has 0 saturated heterocycles. The molecule has 3 atom stereocenters. The summed E-state index contributed by atoms with van der Waals surface area (Å²) in [5.41, 5.74) is 0.542. The number of nitrogens with one attached hydrogen (secondary N) is 1. The lowest BCUT2D eigenvalue weighted by Crippen LogP contribution is -2.44. The van der Waals surface area contributed by atoms with E-state index in [1.165, 1.54) is 0 Å². The number of benzene rings is 1. The number of hydrogen-bond donors (Lipinski definition) is 2. The Bertz CT molecular complexity index is 479. The molecule has 1 aromatic rings. The highest BCUT2D eigenvalue weighted by Crippen LogP contribution is 2.13. The van der Waals surface area contributed by atoms with Gasteiger partial charge in [0.15, 0.2) is 6.10 Å². The average Bonchev–Trinajstić information content (AvgIpc) is 2.46. The van der Waals surface area contributed by atoms with E-state index in [4.69, 9.17) is 15.1 Å². The van der Waals surface area contributed by atoms with Gasteiger partial charge in [-0.25, -0.2) is 0 Å². The van der Waals surface area contributed by atoms with Crippen molar-refractivity contribution in [3.05, 3.63) is 29.8 Å². The Morgan fingerprint density at radius 2 is 1.95 bits per heavy atom. The summed E-state index contributed by atoms with van der Waals surface area (Å²) >= 11 is 0. The number of rotatable bonds is 6. The van der Waals surface area contributed by atoms with Crippen LogP contribution in [0, 0.1) is 17.2 Å². The van der Waals surface area contributed by atoms with Crippen LogP contribution in [0.5, 0.6) is 5.75 Å². The molecule has 0 aliphatic heterocycles. The summed E-state index contributed by atoms with van der Waals surface area (Å²) in [4.78, 5) is 11.9. The van der Waals surface area contributed by atoms with E-state index in [1.807, 2.05) is 19.9 Å². The number of hydrogen-bond acceptors (Lipinski definition) is 4. The van der Waals surface area contributed by atoms with Crippen molar-refractivity contribution in [2.75, 3.05) is 6.61 Å². The standard InChI is InChI=1S/C15H20N2O3/c1-10(9-18)11(2)17-15(19)12(3)20-14-6-4-13(8-16)5-7-14/h4-7,10-12,18H,9H2,1-3H3,(H,17,19). The zero-order valence-corrected chi connectivity index (χ0v) is 12.0. The van der Waals surface area contributed by atoms with Crippen LogP contribution >= 0.6 is 0 Å². The Kier molecular flexibility index (Phi) is 6.01. The molecular formula is C15H20N2O3. The van der Waals surface area contributed by atoms with Gasteiger partial charge in [0, 0.05) is 12.6 Å². The summed E-state index contributed by atoms with van der Waals surface area (Å²) in [6, 6.07) is 8.47. The van der Waals surface area contributed by atoms with Crippen LogP contribution in [0.1, 0.15) is 26.3 Å². The third kappa shape index (κ3) is 4.56. The van der Waals surface area contributed by atoms with Gasteiger partial charge in [-0.1, -0.05) is 6.92 Å². The third-order valence-corrected chi connectivity index (χ3v) is 3.18. The summed E-state index contributed by atoms with van der Waals surface area (Å²) in [5, 5.41) is 20.5. The second kappa shape index (κ2) is 7.51. The van der Waals surface area contributed by atoms with E-state index in [9.17, 15) is 4.79 Å². The van der Waals surface area contributed by atoms with E-state index in [0.29, 0.717) is 11.3 Å². The van der Waals surface area contributed by atoms with E-state index >= 15 is 0 Å². The first kappa shape index (κ1) is 16.0. The molecule has 108 valence electrons. The van der Waals surface area contributed by atoms with Crippen LogP contribution < -0.4 is 10.1 Å². The van der Waals surface area contributed by atoms with Gasteiger partial charge in [-0.3, -0.25) is 4.79 Å². The van der Waals surface area contributed by atoms with Crippen LogP contribution in [0.25, 0.3) is 0 Å². The number of carbonyl (C=O) groups excluding carboxylic acids is 1. The molecule has 0 aliphatic carbocycles. The van der Waals surface area contributed by atoms with Crippen molar-refractivity contribution in [1.82, 2.24) is 5.32 Å². The van der Waals surface area contributed by atoms with Crippen LogP contribution in [0.3, 0.4) is 0 Å². The van der Waals surface area contributed by atoms with Crippen molar-refractivity contribution < 1.29 is 14.6 Å². The van der Waals surface area contributed by atoms with E-state index in [-0.39, 0.29) is 24.5 Å². The zero-order valence-electron chi connectivity index (χ0n) is 12.0. The Morgan fingerprint density at radius 1 is 1.35 bits per heavy atom. The molecular weight excluding hydrogens is 256 g/mol. The molecule has 5 heteroatoms. The van der Waals surface area contributed by atoms with Crippen molar-refractivity contribution in [2.24, 2.45) is 5.92 Å². The maximum absolute atomic E-state index is 11.9. The zero-order chi connectivity index (χ0) is 15.1. The van der Waals surface area contributed by atoms with Crippen LogP contribution in [0.15, 0.2) is 24.3 Å². The van der Waals surface area contributed by atoms with Gasteiger partial charge in [-0.2, -0.15) is 5.26 Å². The second-order valence-electron chi connectivity index (χ2n) is 4.85. The van der Waals surface area contributed by atoms with Gasteiger partial charge in [-0.05, 0) is 44.0 Å². The molecule has 1 rings (SSSR count). The fourth-order valence-electron chi connectivity index (χ4n) is 1.51. The van der Waals surface area contributed by atoms with Gasteiger partial charge in [0.05, 0.1) is 11.6 Å². The predicted octanol–water partition coefficient (Wildman–Crippen LogP) is 1.46. The van der Waals surface area contributed by atoms with Crippen LogP contribution in [0.4, 0.5) is 0 Å². The predicted molar refractivity (Wildman–Crippen MR) is 75.1 cm³/mol. The lowest BCUT2D eigenvalue weighted by Gasteiger charge is -2.22. The Balaban J connectivity index is 2.55. The molecule has 0 aliphatic rings. The molecule has 0 bridgehead atoms. The lowest BCUT2D eigenvalue weighted by molar-refractivity contribution is -0.128. The van der Waals surface area contributed by atoms with Gasteiger partial charge in [0.1, 0.15) is 5.75 Å². The minimum absolute atomic E-state index is 0.0129. The Labute approximate surface area is 119 Å². The molecule has 0 saturated carbocycles. The molecule has 0 fully saturated rings. The number of amides is 1. The van der Waals surface area contributed by atoms with Gasteiger partial charge in [0.2, 0.25) is 0 Å². The lowest BCUT2D eigenvalue weighted by atomic mass is 10.1. The van der Waals surface area contributed by atoms with Crippen molar-refractivity contribution in [2.45, 2.75) is 32.9 Å². The summed E-state index contributed by atoms with van der Waals surface area (Å²) in [5.74, 6) is 0.290. The van der Waals surface area contributed by atoms with Crippen molar-refractivity contribution in [3.8, 4) is 11.8 Å². The normalized spacial score (nSPS) is 14.8. The topological polar surface area (TPSA) is 82.3 Å². The van der Waals surface area contributed by atoms with Crippen molar-refractivity contribution >= 4 is 5.91 Å².